The lowest BCUT2D eigenvalue weighted by atomic mass is 10.1. The third kappa shape index (κ3) is 12.8. The van der Waals surface area contributed by atoms with Crippen molar-refractivity contribution in [1.29, 1.82) is 0 Å². The van der Waals surface area contributed by atoms with E-state index in [0.29, 0.717) is 49.1 Å². The maximum Gasteiger partial charge on any atom is 0.242 e. The van der Waals surface area contributed by atoms with Crippen LogP contribution in [0.25, 0.3) is 11.0 Å². The van der Waals surface area contributed by atoms with Crippen LogP contribution >= 0.6 is 0 Å². The fourth-order valence-corrected chi connectivity index (χ4v) is 5.69. The number of fused-ring (bicyclic) bond motifs is 1. The van der Waals surface area contributed by atoms with Gasteiger partial charge in [0.15, 0.2) is 5.43 Å². The highest BCUT2D eigenvalue weighted by Gasteiger charge is 2.23. The van der Waals surface area contributed by atoms with Gasteiger partial charge in [-0.1, -0.05) is 113 Å². The van der Waals surface area contributed by atoms with Crippen molar-refractivity contribution in [2.24, 2.45) is 0 Å². The number of ether oxygens (including phenoxy) is 1. The third-order valence-corrected chi connectivity index (χ3v) is 8.38. The van der Waals surface area contributed by atoms with Crippen molar-refractivity contribution in [2.45, 2.75) is 110 Å². The second-order valence-electron chi connectivity index (χ2n) is 12.3. The van der Waals surface area contributed by atoms with Crippen LogP contribution < -0.4 is 5.43 Å². The fraction of sp³-hybridized carbons (Fsp3) is 0.553. The number of carbonyl (C=O) groups is 2. The molecule has 1 heterocycles. The van der Waals surface area contributed by atoms with Gasteiger partial charge >= 0.3 is 0 Å². The lowest BCUT2D eigenvalue weighted by Gasteiger charge is -2.28. The highest BCUT2D eigenvalue weighted by atomic mass is 16.5. The van der Waals surface area contributed by atoms with Crippen molar-refractivity contribution in [2.75, 3.05) is 26.8 Å². The smallest absolute Gasteiger partial charge is 0.242 e. The molecule has 0 radical (unpaired) electrons. The van der Waals surface area contributed by atoms with E-state index in [-0.39, 0.29) is 30.3 Å². The van der Waals surface area contributed by atoms with Crippen molar-refractivity contribution >= 4 is 22.8 Å². The summed E-state index contributed by atoms with van der Waals surface area (Å²) in [5, 5.41) is 0.503. The molecule has 7 nitrogen and oxygen atoms in total. The van der Waals surface area contributed by atoms with Crippen molar-refractivity contribution in [3.05, 3.63) is 81.7 Å². The molecule has 0 fully saturated rings. The second-order valence-corrected chi connectivity index (χ2v) is 12.3. The van der Waals surface area contributed by atoms with Crippen molar-refractivity contribution in [3.63, 3.8) is 0 Å². The number of amides is 2. The first-order chi connectivity index (χ1) is 21.9. The van der Waals surface area contributed by atoms with E-state index in [2.05, 4.69) is 6.92 Å². The van der Waals surface area contributed by atoms with Gasteiger partial charge < -0.3 is 19.0 Å². The minimum absolute atomic E-state index is 0.00395. The van der Waals surface area contributed by atoms with Gasteiger partial charge in [-0.15, -0.1) is 0 Å². The molecule has 0 aliphatic carbocycles. The molecule has 7 heteroatoms. The van der Waals surface area contributed by atoms with Crippen LogP contribution in [-0.2, 0) is 27.4 Å². The predicted octanol–water partition coefficient (Wildman–Crippen LogP) is 8.20. The van der Waals surface area contributed by atoms with Crippen LogP contribution in [0.2, 0.25) is 0 Å². The molecule has 0 aliphatic rings. The van der Waals surface area contributed by atoms with Gasteiger partial charge in [-0.25, -0.2) is 0 Å². The fourth-order valence-electron chi connectivity index (χ4n) is 5.69. The number of benzene rings is 2. The normalized spacial score (nSPS) is 11.2. The Bertz CT molecular complexity index is 1350. The maximum absolute atomic E-state index is 13.9. The van der Waals surface area contributed by atoms with Crippen molar-refractivity contribution < 1.29 is 18.7 Å². The Morgan fingerprint density at radius 1 is 0.778 bits per heavy atom. The Hall–Kier alpha value is -3.45. The molecule has 45 heavy (non-hydrogen) atoms. The molecule has 3 rings (SSSR count). The Labute approximate surface area is 269 Å². The number of rotatable bonds is 22. The first kappa shape index (κ1) is 36.0. The summed E-state index contributed by atoms with van der Waals surface area (Å²) in [7, 11) is 1.64. The summed E-state index contributed by atoms with van der Waals surface area (Å²) in [6.07, 6.45) is 16.0. The summed E-state index contributed by atoms with van der Waals surface area (Å²) in [6, 6.07) is 15.2. The molecule has 0 atom stereocenters. The molecule has 0 aliphatic heterocycles. The average Bonchev–Trinajstić information content (AvgIpc) is 3.04. The number of aryl methyl sites for hydroxylation is 1. The molecule has 3 aromatic rings. The molecular weight excluding hydrogens is 564 g/mol. The van der Waals surface area contributed by atoms with E-state index >= 15 is 0 Å². The number of hydrogen-bond acceptors (Lipinski definition) is 5. The van der Waals surface area contributed by atoms with Crippen LogP contribution in [0.1, 0.15) is 107 Å². The molecule has 0 spiro atoms. The molecule has 0 saturated heterocycles. The molecule has 0 saturated carbocycles. The first-order valence-electron chi connectivity index (χ1n) is 17.0. The number of methoxy groups -OCH3 is 1. The standard InChI is InChI=1S/C38H54N2O5/c1-4-5-6-7-8-9-10-11-12-13-17-21-36(41)39(24-18-25-44-3)29-37(42)40(27-32-19-15-14-16-20-32)28-33-30-45-35-23-22-31(2)26-34(35)38(33)43/h14-16,19-20,22-23,26,30H,4-13,17-18,21,24-25,27-29H2,1-3H3. The van der Waals surface area contributed by atoms with E-state index in [1.54, 1.807) is 23.0 Å². The van der Waals surface area contributed by atoms with Crippen LogP contribution in [0.3, 0.4) is 0 Å². The van der Waals surface area contributed by atoms with E-state index in [1.807, 2.05) is 49.4 Å². The van der Waals surface area contributed by atoms with E-state index in [4.69, 9.17) is 9.15 Å². The van der Waals surface area contributed by atoms with Crippen LogP contribution in [0.4, 0.5) is 0 Å². The van der Waals surface area contributed by atoms with Gasteiger partial charge in [-0.2, -0.15) is 0 Å². The zero-order chi connectivity index (χ0) is 32.3. The molecular formula is C38H54N2O5. The molecule has 0 unspecified atom stereocenters. The maximum atomic E-state index is 13.9. The van der Waals surface area contributed by atoms with E-state index in [9.17, 15) is 14.4 Å². The molecule has 1 aromatic heterocycles. The Balaban J connectivity index is 1.62. The molecule has 246 valence electrons. The van der Waals surface area contributed by atoms with Crippen molar-refractivity contribution in [3.8, 4) is 0 Å². The summed E-state index contributed by atoms with van der Waals surface area (Å²) in [6.45, 7) is 5.53. The minimum atomic E-state index is -0.202. The first-order valence-corrected chi connectivity index (χ1v) is 17.0. The third-order valence-electron chi connectivity index (χ3n) is 8.38. The van der Waals surface area contributed by atoms with Crippen LogP contribution in [-0.4, -0.2) is 48.4 Å². The number of hydrogen-bond donors (Lipinski definition) is 0. The number of carbonyl (C=O) groups excluding carboxylic acids is 2. The molecule has 2 amide bonds. The SMILES string of the molecule is CCCCCCCCCCCCCC(=O)N(CCCOC)CC(=O)N(Cc1ccccc1)Cc1coc2ccc(C)cc2c1=O. The van der Waals surface area contributed by atoms with Gasteiger partial charge in [-0.3, -0.25) is 14.4 Å². The minimum Gasteiger partial charge on any atom is -0.464 e. The molecule has 0 N–H and O–H groups in total. The van der Waals surface area contributed by atoms with Gasteiger partial charge in [0, 0.05) is 33.2 Å². The Morgan fingerprint density at radius 2 is 1.44 bits per heavy atom. The number of unbranched alkanes of at least 4 members (excludes halogenated alkanes) is 10. The molecule has 0 bridgehead atoms. The highest BCUT2D eigenvalue weighted by Crippen LogP contribution is 2.17. The second kappa shape index (κ2) is 20.6. The lowest BCUT2D eigenvalue weighted by Crippen LogP contribution is -2.43. The van der Waals surface area contributed by atoms with Crippen molar-refractivity contribution in [1.82, 2.24) is 9.80 Å². The van der Waals surface area contributed by atoms with Gasteiger partial charge in [-0.05, 0) is 37.5 Å². The zero-order valence-corrected chi connectivity index (χ0v) is 27.9. The highest BCUT2D eigenvalue weighted by molar-refractivity contribution is 5.85. The van der Waals surface area contributed by atoms with Crippen LogP contribution in [0.15, 0.2) is 64.0 Å². The summed E-state index contributed by atoms with van der Waals surface area (Å²) >= 11 is 0. The monoisotopic (exact) mass is 618 g/mol. The van der Waals surface area contributed by atoms with Gasteiger partial charge in [0.2, 0.25) is 11.8 Å². The van der Waals surface area contributed by atoms with Gasteiger partial charge in [0.25, 0.3) is 0 Å². The predicted molar refractivity (Wildman–Crippen MR) is 182 cm³/mol. The zero-order valence-electron chi connectivity index (χ0n) is 27.9. The Morgan fingerprint density at radius 3 is 2.11 bits per heavy atom. The summed E-state index contributed by atoms with van der Waals surface area (Å²) < 4.78 is 11.0. The summed E-state index contributed by atoms with van der Waals surface area (Å²) in [5.74, 6) is -0.206. The summed E-state index contributed by atoms with van der Waals surface area (Å²) in [5.41, 5.74) is 2.70. The Kier molecular flexibility index (Phi) is 16.5. The van der Waals surface area contributed by atoms with E-state index in [1.165, 1.54) is 57.6 Å². The number of nitrogens with zero attached hydrogens (tertiary/aromatic N) is 2. The van der Waals surface area contributed by atoms with Crippen LogP contribution in [0, 0.1) is 6.92 Å². The summed E-state index contributed by atoms with van der Waals surface area (Å²) in [4.78, 5) is 43.9. The van der Waals surface area contributed by atoms with Crippen LogP contribution in [0.5, 0.6) is 0 Å². The van der Waals surface area contributed by atoms with Gasteiger partial charge in [0.05, 0.1) is 30.3 Å². The molecule has 2 aromatic carbocycles. The largest absolute Gasteiger partial charge is 0.464 e. The van der Waals surface area contributed by atoms with Gasteiger partial charge in [0.1, 0.15) is 5.58 Å². The quantitative estimate of drug-likeness (QED) is 0.106. The topological polar surface area (TPSA) is 80.1 Å². The average molecular weight is 619 g/mol. The lowest BCUT2D eigenvalue weighted by molar-refractivity contribution is -0.141. The van der Waals surface area contributed by atoms with E-state index < -0.39 is 0 Å². The van der Waals surface area contributed by atoms with E-state index in [0.717, 1.165) is 30.4 Å².